The summed E-state index contributed by atoms with van der Waals surface area (Å²) in [6.07, 6.45) is 4.56. The van der Waals surface area contributed by atoms with Crippen LogP contribution in [0.15, 0.2) is 35.6 Å². The number of hydrogen-bond acceptors (Lipinski definition) is 5. The topological polar surface area (TPSA) is 50.7 Å². The van der Waals surface area contributed by atoms with E-state index in [0.717, 1.165) is 24.5 Å². The van der Waals surface area contributed by atoms with Crippen LogP contribution in [0.3, 0.4) is 0 Å². The normalized spacial score (nSPS) is 10.3. The number of aromatic nitrogens is 3. The lowest BCUT2D eigenvalue weighted by molar-refractivity contribution is 0.922. The molecule has 0 unspecified atom stereocenters. The molecule has 0 atom stereocenters. The summed E-state index contributed by atoms with van der Waals surface area (Å²) >= 11 is 7.38. The zero-order valence-corrected chi connectivity index (χ0v) is 11.5. The molecule has 0 bridgehead atoms. The molecular weight excluding hydrogens is 268 g/mol. The van der Waals surface area contributed by atoms with Gasteiger partial charge in [-0.15, -0.1) is 0 Å². The van der Waals surface area contributed by atoms with Crippen molar-refractivity contribution in [2.75, 3.05) is 18.1 Å². The number of halogens is 1. The van der Waals surface area contributed by atoms with Crippen molar-refractivity contribution < 1.29 is 0 Å². The van der Waals surface area contributed by atoms with Crippen molar-refractivity contribution in [3.05, 3.63) is 41.3 Å². The Hall–Kier alpha value is -1.33. The van der Waals surface area contributed by atoms with Crippen LogP contribution in [0.2, 0.25) is 5.15 Å². The molecule has 0 aliphatic carbocycles. The van der Waals surface area contributed by atoms with E-state index in [1.807, 2.05) is 24.5 Å². The van der Waals surface area contributed by atoms with E-state index >= 15 is 0 Å². The zero-order valence-electron chi connectivity index (χ0n) is 9.93. The van der Waals surface area contributed by atoms with Crippen LogP contribution in [0.1, 0.15) is 5.69 Å². The van der Waals surface area contributed by atoms with Crippen LogP contribution in [-0.2, 0) is 6.42 Å². The number of nitrogens with one attached hydrogen (secondary N) is 1. The van der Waals surface area contributed by atoms with E-state index in [0.29, 0.717) is 10.3 Å². The SMILES string of the molecule is CSc1nc(Cl)cc(NCCc2ccccn2)n1. The first-order valence-electron chi connectivity index (χ1n) is 5.50. The second-order valence-corrected chi connectivity index (χ2v) is 4.72. The highest BCUT2D eigenvalue weighted by Crippen LogP contribution is 2.17. The van der Waals surface area contributed by atoms with Crippen LogP contribution in [0.4, 0.5) is 5.82 Å². The minimum absolute atomic E-state index is 0.453. The van der Waals surface area contributed by atoms with Gasteiger partial charge < -0.3 is 5.32 Å². The van der Waals surface area contributed by atoms with E-state index in [2.05, 4.69) is 20.3 Å². The molecule has 2 heterocycles. The maximum absolute atomic E-state index is 5.91. The Balaban J connectivity index is 1.92. The molecule has 0 saturated heterocycles. The van der Waals surface area contributed by atoms with Crippen LogP contribution in [-0.4, -0.2) is 27.8 Å². The highest BCUT2D eigenvalue weighted by atomic mass is 35.5. The van der Waals surface area contributed by atoms with Gasteiger partial charge in [-0.05, 0) is 18.4 Å². The molecule has 1 N–H and O–H groups in total. The van der Waals surface area contributed by atoms with E-state index in [1.54, 1.807) is 12.3 Å². The van der Waals surface area contributed by atoms with Gasteiger partial charge in [0.15, 0.2) is 5.16 Å². The highest BCUT2D eigenvalue weighted by molar-refractivity contribution is 7.98. The minimum Gasteiger partial charge on any atom is -0.370 e. The summed E-state index contributed by atoms with van der Waals surface area (Å²) < 4.78 is 0. The van der Waals surface area contributed by atoms with Gasteiger partial charge in [0.1, 0.15) is 11.0 Å². The summed E-state index contributed by atoms with van der Waals surface area (Å²) in [5.41, 5.74) is 1.05. The minimum atomic E-state index is 0.453. The van der Waals surface area contributed by atoms with E-state index < -0.39 is 0 Å². The van der Waals surface area contributed by atoms with E-state index in [1.165, 1.54) is 11.8 Å². The first-order valence-corrected chi connectivity index (χ1v) is 7.10. The Kier molecular flexibility index (Phi) is 4.78. The highest BCUT2D eigenvalue weighted by Gasteiger charge is 2.02. The smallest absolute Gasteiger partial charge is 0.190 e. The van der Waals surface area contributed by atoms with Crippen molar-refractivity contribution in [1.82, 2.24) is 15.0 Å². The molecule has 0 aromatic carbocycles. The average Bonchev–Trinajstić information content (AvgIpc) is 2.39. The fourth-order valence-corrected chi connectivity index (χ4v) is 2.06. The summed E-state index contributed by atoms with van der Waals surface area (Å²) in [5.74, 6) is 0.746. The lowest BCUT2D eigenvalue weighted by Gasteiger charge is -2.06. The predicted molar refractivity (Wildman–Crippen MR) is 75.3 cm³/mol. The van der Waals surface area contributed by atoms with Gasteiger partial charge in [-0.3, -0.25) is 4.98 Å². The molecule has 0 fully saturated rings. The third kappa shape index (κ3) is 3.85. The zero-order chi connectivity index (χ0) is 12.8. The quantitative estimate of drug-likeness (QED) is 0.518. The van der Waals surface area contributed by atoms with Gasteiger partial charge in [0.2, 0.25) is 0 Å². The van der Waals surface area contributed by atoms with Crippen molar-refractivity contribution >= 4 is 29.2 Å². The number of pyridine rings is 1. The van der Waals surface area contributed by atoms with E-state index in [4.69, 9.17) is 11.6 Å². The molecule has 94 valence electrons. The number of rotatable bonds is 5. The number of thioether (sulfide) groups is 1. The maximum Gasteiger partial charge on any atom is 0.190 e. The van der Waals surface area contributed by atoms with Gasteiger partial charge in [0.05, 0.1) is 0 Å². The van der Waals surface area contributed by atoms with Gasteiger partial charge in [0, 0.05) is 30.9 Å². The second-order valence-electron chi connectivity index (χ2n) is 3.56. The molecule has 0 radical (unpaired) electrons. The summed E-state index contributed by atoms with van der Waals surface area (Å²) in [4.78, 5) is 12.7. The maximum atomic E-state index is 5.91. The summed E-state index contributed by atoms with van der Waals surface area (Å²) in [6.45, 7) is 0.762. The number of hydrogen-bond donors (Lipinski definition) is 1. The third-order valence-corrected chi connectivity index (χ3v) is 3.01. The number of nitrogens with zero attached hydrogens (tertiary/aromatic N) is 3. The van der Waals surface area contributed by atoms with Crippen molar-refractivity contribution in [2.45, 2.75) is 11.6 Å². The molecule has 2 aromatic rings. The Morgan fingerprint density at radius 2 is 2.22 bits per heavy atom. The summed E-state index contributed by atoms with van der Waals surface area (Å²) in [6, 6.07) is 7.61. The first kappa shape index (κ1) is 13.1. The predicted octanol–water partition coefficient (Wildman–Crippen LogP) is 2.90. The van der Waals surface area contributed by atoms with Crippen LogP contribution in [0.25, 0.3) is 0 Å². The fourth-order valence-electron chi connectivity index (χ4n) is 1.44. The van der Waals surface area contributed by atoms with Gasteiger partial charge in [-0.1, -0.05) is 29.4 Å². The molecule has 0 amide bonds. The van der Waals surface area contributed by atoms with Crippen molar-refractivity contribution in [3.8, 4) is 0 Å². The summed E-state index contributed by atoms with van der Waals surface area (Å²) in [5, 5.41) is 4.34. The van der Waals surface area contributed by atoms with Gasteiger partial charge in [-0.25, -0.2) is 9.97 Å². The average molecular weight is 281 g/mol. The van der Waals surface area contributed by atoms with Crippen molar-refractivity contribution in [3.63, 3.8) is 0 Å². The number of anilines is 1. The lowest BCUT2D eigenvalue weighted by atomic mass is 10.3. The van der Waals surface area contributed by atoms with E-state index in [-0.39, 0.29) is 0 Å². The van der Waals surface area contributed by atoms with Gasteiger partial charge in [-0.2, -0.15) is 0 Å². The van der Waals surface area contributed by atoms with Crippen LogP contribution < -0.4 is 5.32 Å². The van der Waals surface area contributed by atoms with Crippen molar-refractivity contribution in [1.29, 1.82) is 0 Å². The van der Waals surface area contributed by atoms with Gasteiger partial charge >= 0.3 is 0 Å². The third-order valence-electron chi connectivity index (χ3n) is 2.27. The standard InChI is InChI=1S/C12H13ClN4S/c1-18-12-16-10(13)8-11(17-12)15-7-5-9-4-2-3-6-14-9/h2-4,6,8H,5,7H2,1H3,(H,15,16,17). The van der Waals surface area contributed by atoms with Crippen molar-refractivity contribution in [2.24, 2.45) is 0 Å². The van der Waals surface area contributed by atoms with Crippen LogP contribution in [0.5, 0.6) is 0 Å². The Bertz CT molecular complexity index is 507. The van der Waals surface area contributed by atoms with Crippen LogP contribution >= 0.6 is 23.4 Å². The molecule has 0 aliphatic heterocycles. The molecule has 0 saturated carbocycles. The Morgan fingerprint density at radius 1 is 1.33 bits per heavy atom. The molecule has 0 aliphatic rings. The molecular formula is C12H13ClN4S. The molecule has 0 spiro atoms. The molecule has 2 aromatic heterocycles. The summed E-state index contributed by atoms with van der Waals surface area (Å²) in [7, 11) is 0. The van der Waals surface area contributed by atoms with Crippen LogP contribution in [0, 0.1) is 0 Å². The second kappa shape index (κ2) is 6.56. The molecule has 2 rings (SSSR count). The first-order chi connectivity index (χ1) is 8.78. The molecule has 18 heavy (non-hydrogen) atoms. The largest absolute Gasteiger partial charge is 0.370 e. The monoisotopic (exact) mass is 280 g/mol. The fraction of sp³-hybridized carbons (Fsp3) is 0.250. The van der Waals surface area contributed by atoms with E-state index in [9.17, 15) is 0 Å². The Labute approximate surface area is 115 Å². The Morgan fingerprint density at radius 3 is 2.94 bits per heavy atom. The van der Waals surface area contributed by atoms with Gasteiger partial charge in [0.25, 0.3) is 0 Å². The molecule has 4 nitrogen and oxygen atoms in total. The molecule has 6 heteroatoms. The lowest BCUT2D eigenvalue weighted by Crippen LogP contribution is -2.07.